The molecule has 1 saturated carbocycles. The fourth-order valence-electron chi connectivity index (χ4n) is 2.74. The van der Waals surface area contributed by atoms with Gasteiger partial charge in [0.05, 0.1) is 6.10 Å². The molecule has 0 atom stereocenters. The maximum atomic E-state index is 5.97. The second kappa shape index (κ2) is 10.4. The third-order valence-corrected chi connectivity index (χ3v) is 4.06. The summed E-state index contributed by atoms with van der Waals surface area (Å²) in [5, 5.41) is 3.36. The van der Waals surface area contributed by atoms with Gasteiger partial charge in [0, 0.05) is 19.2 Å². The maximum Gasteiger partial charge on any atom is 0.0576 e. The Morgan fingerprint density at radius 3 is 2.58 bits per heavy atom. The first-order valence-electron chi connectivity index (χ1n) is 7.84. The molecular weight excluding hydrogens is 236 g/mol. The van der Waals surface area contributed by atoms with Gasteiger partial charge in [-0.3, -0.25) is 0 Å². The minimum atomic E-state index is 0.521. The van der Waals surface area contributed by atoms with Gasteiger partial charge in [0.2, 0.25) is 0 Å². The molecule has 0 aromatic carbocycles. The number of likely N-dealkylation sites (N-methyl/N-ethyl adjacent to an activating group) is 1. The molecule has 1 N–H and O–H groups in total. The van der Waals surface area contributed by atoms with Crippen LogP contribution < -0.4 is 5.32 Å². The lowest BCUT2D eigenvalue weighted by atomic mass is 9.93. The van der Waals surface area contributed by atoms with Crippen LogP contribution in [0.25, 0.3) is 0 Å². The van der Waals surface area contributed by atoms with E-state index in [1.165, 1.54) is 51.5 Å². The summed E-state index contributed by atoms with van der Waals surface area (Å²) < 4.78 is 5.97. The monoisotopic (exact) mass is 268 g/mol. The van der Waals surface area contributed by atoms with Gasteiger partial charge in [0.25, 0.3) is 0 Å². The van der Waals surface area contributed by atoms with Gasteiger partial charge in [-0.15, -0.1) is 6.58 Å². The Kier molecular flexibility index (Phi) is 9.14. The molecule has 0 spiro atoms. The van der Waals surface area contributed by atoms with E-state index in [-0.39, 0.29) is 0 Å². The van der Waals surface area contributed by atoms with Crippen molar-refractivity contribution in [3.05, 3.63) is 12.7 Å². The number of hydrogen-bond acceptors (Lipinski definition) is 3. The van der Waals surface area contributed by atoms with Crippen molar-refractivity contribution in [2.45, 2.75) is 57.1 Å². The van der Waals surface area contributed by atoms with Gasteiger partial charge >= 0.3 is 0 Å². The summed E-state index contributed by atoms with van der Waals surface area (Å²) in [6.07, 6.45) is 11.2. The van der Waals surface area contributed by atoms with Crippen LogP contribution in [-0.4, -0.2) is 50.8 Å². The number of rotatable bonds is 10. The molecule has 0 amide bonds. The van der Waals surface area contributed by atoms with E-state index in [9.17, 15) is 0 Å². The predicted molar refractivity (Wildman–Crippen MR) is 82.6 cm³/mol. The van der Waals surface area contributed by atoms with E-state index in [0.29, 0.717) is 6.10 Å². The third-order valence-electron chi connectivity index (χ3n) is 4.06. The molecule has 0 radical (unpaired) electrons. The number of nitrogens with zero attached hydrogens (tertiary/aromatic N) is 1. The van der Waals surface area contributed by atoms with Crippen LogP contribution in [0.4, 0.5) is 0 Å². The summed E-state index contributed by atoms with van der Waals surface area (Å²) in [5.74, 6) is 0. The summed E-state index contributed by atoms with van der Waals surface area (Å²) in [7, 11) is 4.22. The highest BCUT2D eigenvalue weighted by molar-refractivity contribution is 4.76. The Bertz CT molecular complexity index is 225. The van der Waals surface area contributed by atoms with E-state index in [0.717, 1.165) is 19.2 Å². The Balaban J connectivity index is 1.90. The van der Waals surface area contributed by atoms with E-state index in [2.05, 4.69) is 30.9 Å². The summed E-state index contributed by atoms with van der Waals surface area (Å²) >= 11 is 0. The Labute approximate surface area is 119 Å². The molecule has 0 aromatic rings. The van der Waals surface area contributed by atoms with Crippen LogP contribution in [-0.2, 0) is 4.74 Å². The fourth-order valence-corrected chi connectivity index (χ4v) is 2.74. The van der Waals surface area contributed by atoms with Crippen LogP contribution in [0.2, 0.25) is 0 Å². The summed E-state index contributed by atoms with van der Waals surface area (Å²) in [5.41, 5.74) is 0. The van der Waals surface area contributed by atoms with E-state index in [1.54, 1.807) is 0 Å². The highest BCUT2D eigenvalue weighted by Gasteiger charge is 2.19. The van der Waals surface area contributed by atoms with Crippen LogP contribution in [0, 0.1) is 0 Å². The van der Waals surface area contributed by atoms with Gasteiger partial charge in [-0.2, -0.15) is 0 Å². The second-order valence-corrected chi connectivity index (χ2v) is 5.74. The molecule has 0 aromatic heterocycles. The molecular formula is C16H32N2O. The average molecular weight is 268 g/mol. The van der Waals surface area contributed by atoms with Crippen LogP contribution in [0.5, 0.6) is 0 Å². The molecule has 0 unspecified atom stereocenters. The molecule has 1 aliphatic rings. The molecule has 1 aliphatic carbocycles. The lowest BCUT2D eigenvalue weighted by Crippen LogP contribution is -2.33. The third kappa shape index (κ3) is 7.71. The molecule has 112 valence electrons. The quantitative estimate of drug-likeness (QED) is 0.487. The van der Waals surface area contributed by atoms with Gasteiger partial charge in [-0.1, -0.05) is 6.08 Å². The van der Waals surface area contributed by atoms with Crippen LogP contribution in [0.15, 0.2) is 12.7 Å². The molecule has 19 heavy (non-hydrogen) atoms. The fraction of sp³-hybridized carbons (Fsp3) is 0.875. The molecule has 3 heteroatoms. The molecule has 3 nitrogen and oxygen atoms in total. The van der Waals surface area contributed by atoms with Crippen molar-refractivity contribution in [1.29, 1.82) is 0 Å². The zero-order chi connectivity index (χ0) is 13.9. The maximum absolute atomic E-state index is 5.97. The molecule has 0 bridgehead atoms. The number of unbranched alkanes of at least 4 members (excludes halogenated alkanes) is 2. The predicted octanol–water partition coefficient (Wildman–Crippen LogP) is 2.82. The van der Waals surface area contributed by atoms with Gasteiger partial charge < -0.3 is 15.0 Å². The highest BCUT2D eigenvalue weighted by atomic mass is 16.5. The van der Waals surface area contributed by atoms with Crippen molar-refractivity contribution in [2.24, 2.45) is 0 Å². The molecule has 0 heterocycles. The first kappa shape index (κ1) is 16.7. The number of ether oxygens (including phenoxy) is 1. The van der Waals surface area contributed by atoms with Gasteiger partial charge in [0.1, 0.15) is 0 Å². The van der Waals surface area contributed by atoms with E-state index < -0.39 is 0 Å². The highest BCUT2D eigenvalue weighted by Crippen LogP contribution is 2.21. The summed E-state index contributed by atoms with van der Waals surface area (Å²) in [6.45, 7) is 6.86. The second-order valence-electron chi connectivity index (χ2n) is 5.74. The first-order valence-corrected chi connectivity index (χ1v) is 7.84. The summed E-state index contributed by atoms with van der Waals surface area (Å²) in [6, 6.07) is 0.722. The number of nitrogens with one attached hydrogen (secondary N) is 1. The van der Waals surface area contributed by atoms with Crippen molar-refractivity contribution in [3.63, 3.8) is 0 Å². The van der Waals surface area contributed by atoms with Gasteiger partial charge in [-0.05, 0) is 65.6 Å². The lowest BCUT2D eigenvalue weighted by Gasteiger charge is -2.28. The van der Waals surface area contributed by atoms with Crippen molar-refractivity contribution >= 4 is 0 Å². The largest absolute Gasteiger partial charge is 0.378 e. The van der Waals surface area contributed by atoms with Crippen LogP contribution >= 0.6 is 0 Å². The first-order chi connectivity index (χ1) is 9.26. The SMILES string of the molecule is C=CCN(C)CCCCCO[C@H]1CC[C@H](NC)CC1. The van der Waals surface area contributed by atoms with Crippen molar-refractivity contribution < 1.29 is 4.74 Å². The zero-order valence-corrected chi connectivity index (χ0v) is 12.9. The van der Waals surface area contributed by atoms with Gasteiger partial charge in [0.15, 0.2) is 0 Å². The molecule has 0 aliphatic heterocycles. The topological polar surface area (TPSA) is 24.5 Å². The lowest BCUT2D eigenvalue weighted by molar-refractivity contribution is 0.0209. The van der Waals surface area contributed by atoms with Crippen molar-refractivity contribution in [2.75, 3.05) is 33.8 Å². The van der Waals surface area contributed by atoms with E-state index >= 15 is 0 Å². The van der Waals surface area contributed by atoms with Gasteiger partial charge in [-0.25, -0.2) is 0 Å². The Morgan fingerprint density at radius 1 is 1.21 bits per heavy atom. The molecule has 0 saturated heterocycles. The minimum Gasteiger partial charge on any atom is -0.378 e. The van der Waals surface area contributed by atoms with Crippen molar-refractivity contribution in [1.82, 2.24) is 10.2 Å². The standard InChI is InChI=1S/C16H32N2O/c1-4-12-18(3)13-6-5-7-14-19-16-10-8-15(17-2)9-11-16/h4,15-17H,1,5-14H2,2-3H3/t15-,16-. The Morgan fingerprint density at radius 2 is 1.95 bits per heavy atom. The normalized spacial score (nSPS) is 23.7. The smallest absolute Gasteiger partial charge is 0.0576 e. The van der Waals surface area contributed by atoms with E-state index in [1.807, 2.05) is 6.08 Å². The zero-order valence-electron chi connectivity index (χ0n) is 12.9. The minimum absolute atomic E-state index is 0.521. The number of hydrogen-bond donors (Lipinski definition) is 1. The Hall–Kier alpha value is -0.380. The van der Waals surface area contributed by atoms with Crippen LogP contribution in [0.3, 0.4) is 0 Å². The van der Waals surface area contributed by atoms with Crippen LogP contribution in [0.1, 0.15) is 44.9 Å². The molecule has 1 rings (SSSR count). The van der Waals surface area contributed by atoms with E-state index in [4.69, 9.17) is 4.74 Å². The average Bonchev–Trinajstić information content (AvgIpc) is 2.43. The summed E-state index contributed by atoms with van der Waals surface area (Å²) in [4.78, 5) is 2.31. The molecule has 1 fully saturated rings. The van der Waals surface area contributed by atoms with Crippen molar-refractivity contribution in [3.8, 4) is 0 Å².